The summed E-state index contributed by atoms with van der Waals surface area (Å²) in [6, 6.07) is 6.26. The van der Waals surface area contributed by atoms with Gasteiger partial charge in [-0.2, -0.15) is 0 Å². The first-order valence-corrected chi connectivity index (χ1v) is 9.16. The number of rotatable bonds is 8. The first-order valence-electron chi connectivity index (χ1n) is 9.16. The van der Waals surface area contributed by atoms with Gasteiger partial charge in [0.25, 0.3) is 11.8 Å². The zero-order chi connectivity index (χ0) is 20.3. The molecule has 0 spiro atoms. The van der Waals surface area contributed by atoms with Crippen LogP contribution in [0.15, 0.2) is 24.3 Å². The van der Waals surface area contributed by atoms with Crippen molar-refractivity contribution in [3.63, 3.8) is 0 Å². The van der Waals surface area contributed by atoms with Gasteiger partial charge in [0.1, 0.15) is 17.8 Å². The summed E-state index contributed by atoms with van der Waals surface area (Å²) < 4.78 is 10.3. The van der Waals surface area contributed by atoms with Crippen molar-refractivity contribution in [3.8, 4) is 5.75 Å². The summed E-state index contributed by atoms with van der Waals surface area (Å²) in [6.07, 6.45) is 1.73. The Morgan fingerprint density at radius 2 is 2.00 bits per heavy atom. The van der Waals surface area contributed by atoms with Crippen LogP contribution in [0.4, 0.5) is 10.5 Å². The Hall–Kier alpha value is -3.10. The van der Waals surface area contributed by atoms with Gasteiger partial charge in [0, 0.05) is 0 Å². The van der Waals surface area contributed by atoms with E-state index in [1.165, 1.54) is 0 Å². The van der Waals surface area contributed by atoms with Gasteiger partial charge in [-0.15, -0.1) is 0 Å². The van der Waals surface area contributed by atoms with Crippen LogP contribution in [-0.4, -0.2) is 54.0 Å². The molecule has 3 rings (SSSR count). The highest BCUT2D eigenvalue weighted by atomic mass is 16.5. The number of anilines is 1. The highest BCUT2D eigenvalue weighted by Crippen LogP contribution is 2.42. The van der Waals surface area contributed by atoms with Crippen LogP contribution in [0, 0.1) is 5.92 Å². The molecule has 28 heavy (non-hydrogen) atoms. The number of nitrogens with one attached hydrogen (secondary N) is 2. The third kappa shape index (κ3) is 4.08. The highest BCUT2D eigenvalue weighted by Gasteiger charge is 2.56. The molecular weight excluding hydrogens is 366 g/mol. The summed E-state index contributed by atoms with van der Waals surface area (Å²) in [7, 11) is 0. The number of carbonyl (C=O) groups excluding carboxylic acids is 4. The third-order valence-electron chi connectivity index (χ3n) is 4.81. The van der Waals surface area contributed by atoms with Crippen molar-refractivity contribution in [1.29, 1.82) is 0 Å². The molecule has 0 unspecified atom stereocenters. The van der Waals surface area contributed by atoms with E-state index in [1.807, 2.05) is 6.92 Å². The van der Waals surface area contributed by atoms with Crippen LogP contribution in [0.5, 0.6) is 5.75 Å². The molecule has 9 nitrogen and oxygen atoms in total. The molecule has 0 aromatic heterocycles. The Morgan fingerprint density at radius 1 is 1.29 bits per heavy atom. The molecule has 0 bridgehead atoms. The largest absolute Gasteiger partial charge is 0.492 e. The number of benzene rings is 1. The molecule has 1 aromatic carbocycles. The lowest BCUT2D eigenvalue weighted by Crippen LogP contribution is -2.46. The second-order valence-electron chi connectivity index (χ2n) is 6.94. The summed E-state index contributed by atoms with van der Waals surface area (Å²) in [5, 5.41) is 5.25. The van der Waals surface area contributed by atoms with Gasteiger partial charge in [0.05, 0.1) is 12.3 Å². The first-order chi connectivity index (χ1) is 13.3. The molecule has 9 heteroatoms. The van der Waals surface area contributed by atoms with Crippen LogP contribution in [0.2, 0.25) is 0 Å². The minimum Gasteiger partial charge on any atom is -0.492 e. The van der Waals surface area contributed by atoms with Gasteiger partial charge < -0.3 is 20.1 Å². The molecule has 4 amide bonds. The third-order valence-corrected chi connectivity index (χ3v) is 4.81. The van der Waals surface area contributed by atoms with Gasteiger partial charge in [-0.3, -0.25) is 19.3 Å². The molecule has 1 aromatic rings. The van der Waals surface area contributed by atoms with Gasteiger partial charge in [0.15, 0.2) is 6.61 Å². The summed E-state index contributed by atoms with van der Waals surface area (Å²) in [5.41, 5.74) is -0.503. The number of ether oxygens (including phenoxy) is 2. The van der Waals surface area contributed by atoms with E-state index in [-0.39, 0.29) is 5.92 Å². The minimum absolute atomic E-state index is 0.0983. The van der Waals surface area contributed by atoms with E-state index in [0.717, 1.165) is 17.7 Å². The topological polar surface area (TPSA) is 114 Å². The maximum Gasteiger partial charge on any atom is 0.326 e. The molecule has 2 aliphatic rings. The standard InChI is InChI=1S/C19H23N3O6/c1-3-27-14-7-5-4-6-13(14)20-15(23)11-28-16(24)10-22-17(25)19(2,12-8-9-12)21-18(22)26/h4-7,12H,3,8-11H2,1-2H3,(H,20,23)(H,21,26)/t19-/m1/s1. The van der Waals surface area contributed by atoms with Crippen molar-refractivity contribution in [3.05, 3.63) is 24.3 Å². The summed E-state index contributed by atoms with van der Waals surface area (Å²) in [4.78, 5) is 49.4. The van der Waals surface area contributed by atoms with E-state index in [9.17, 15) is 19.2 Å². The van der Waals surface area contributed by atoms with Crippen LogP contribution in [0.25, 0.3) is 0 Å². The fourth-order valence-corrected chi connectivity index (χ4v) is 3.15. The van der Waals surface area contributed by atoms with Gasteiger partial charge in [0.2, 0.25) is 0 Å². The average Bonchev–Trinajstić information content (AvgIpc) is 3.48. The summed E-state index contributed by atoms with van der Waals surface area (Å²) in [5.74, 6) is -1.23. The fourth-order valence-electron chi connectivity index (χ4n) is 3.15. The number of para-hydroxylation sites is 2. The monoisotopic (exact) mass is 389 g/mol. The molecule has 2 fully saturated rings. The summed E-state index contributed by atoms with van der Waals surface area (Å²) >= 11 is 0. The second-order valence-corrected chi connectivity index (χ2v) is 6.94. The van der Waals surface area contributed by atoms with Crippen LogP contribution < -0.4 is 15.4 Å². The molecule has 2 N–H and O–H groups in total. The SMILES string of the molecule is CCOc1ccccc1NC(=O)COC(=O)CN1C(=O)N[C@](C)(C2CC2)C1=O. The Balaban J connectivity index is 1.50. The number of hydrogen-bond acceptors (Lipinski definition) is 6. The highest BCUT2D eigenvalue weighted by molar-refractivity contribution is 6.09. The average molecular weight is 389 g/mol. The van der Waals surface area contributed by atoms with Crippen molar-refractivity contribution in [2.75, 3.05) is 25.1 Å². The lowest BCUT2D eigenvalue weighted by Gasteiger charge is -2.20. The van der Waals surface area contributed by atoms with E-state index in [0.29, 0.717) is 18.0 Å². The fraction of sp³-hybridized carbons (Fsp3) is 0.474. The predicted octanol–water partition coefficient (Wildman–Crippen LogP) is 1.29. The zero-order valence-corrected chi connectivity index (χ0v) is 15.8. The maximum atomic E-state index is 12.5. The van der Waals surface area contributed by atoms with E-state index in [4.69, 9.17) is 9.47 Å². The number of urea groups is 1. The van der Waals surface area contributed by atoms with E-state index in [2.05, 4.69) is 10.6 Å². The molecule has 1 heterocycles. The predicted molar refractivity (Wildman–Crippen MR) is 98.6 cm³/mol. The minimum atomic E-state index is -0.961. The first kappa shape index (κ1) is 19.7. The molecule has 1 saturated heterocycles. The maximum absolute atomic E-state index is 12.5. The van der Waals surface area contributed by atoms with Crippen molar-refractivity contribution >= 4 is 29.5 Å². The summed E-state index contributed by atoms with van der Waals surface area (Å²) in [6.45, 7) is 2.86. The van der Waals surface area contributed by atoms with E-state index >= 15 is 0 Å². The lowest BCUT2D eigenvalue weighted by atomic mass is 9.96. The zero-order valence-electron chi connectivity index (χ0n) is 15.8. The normalized spacial score (nSPS) is 21.3. The van der Waals surface area contributed by atoms with E-state index in [1.54, 1.807) is 31.2 Å². The number of carbonyl (C=O) groups is 4. The molecule has 0 radical (unpaired) electrons. The van der Waals surface area contributed by atoms with Crippen LogP contribution in [0.3, 0.4) is 0 Å². The number of imide groups is 1. The van der Waals surface area contributed by atoms with Crippen LogP contribution >= 0.6 is 0 Å². The Kier molecular flexibility index (Phi) is 5.53. The molecule has 1 saturated carbocycles. The van der Waals surface area contributed by atoms with Crippen molar-refractivity contribution in [2.24, 2.45) is 5.92 Å². The van der Waals surface area contributed by atoms with Gasteiger partial charge in [-0.25, -0.2) is 4.79 Å². The van der Waals surface area contributed by atoms with Crippen molar-refractivity contribution in [2.45, 2.75) is 32.2 Å². The van der Waals surface area contributed by atoms with E-state index < -0.39 is 42.5 Å². The smallest absolute Gasteiger partial charge is 0.326 e. The number of nitrogens with zero attached hydrogens (tertiary/aromatic N) is 1. The van der Waals surface area contributed by atoms with Gasteiger partial charge in [-0.1, -0.05) is 12.1 Å². The second kappa shape index (κ2) is 7.87. The number of esters is 1. The molecular formula is C19H23N3O6. The quantitative estimate of drug-likeness (QED) is 0.512. The van der Waals surface area contributed by atoms with Gasteiger partial charge in [-0.05, 0) is 44.7 Å². The van der Waals surface area contributed by atoms with Crippen molar-refractivity contribution < 1.29 is 28.7 Å². The molecule has 1 atom stereocenters. The molecule has 1 aliphatic heterocycles. The number of amides is 4. The van der Waals surface area contributed by atoms with Gasteiger partial charge >= 0.3 is 12.0 Å². The Labute approximate surface area is 162 Å². The Bertz CT molecular complexity index is 807. The number of hydrogen-bond donors (Lipinski definition) is 2. The van der Waals surface area contributed by atoms with Crippen molar-refractivity contribution in [1.82, 2.24) is 10.2 Å². The lowest BCUT2D eigenvalue weighted by molar-refractivity contribution is -0.150. The Morgan fingerprint density at radius 3 is 2.68 bits per heavy atom. The molecule has 1 aliphatic carbocycles. The molecule has 150 valence electrons. The van der Waals surface area contributed by atoms with Crippen LogP contribution in [0.1, 0.15) is 26.7 Å². The van der Waals surface area contributed by atoms with Crippen LogP contribution in [-0.2, 0) is 19.1 Å².